The van der Waals surface area contributed by atoms with Crippen LogP contribution in [-0.2, 0) is 0 Å². The SMILES string of the molecule is Cc1cc(C(=O)NCC2CCCCCCC2)ccc1-n1cnnn1. The Bertz CT molecular complexity index is 660. The zero-order valence-corrected chi connectivity index (χ0v) is 14.2. The molecule has 1 amide bonds. The summed E-state index contributed by atoms with van der Waals surface area (Å²) < 4.78 is 1.60. The molecule has 0 aliphatic heterocycles. The highest BCUT2D eigenvalue weighted by Gasteiger charge is 2.14. The zero-order chi connectivity index (χ0) is 16.8. The first-order chi connectivity index (χ1) is 11.7. The summed E-state index contributed by atoms with van der Waals surface area (Å²) in [5.41, 5.74) is 2.55. The molecule has 3 rings (SSSR count). The molecule has 0 atom stereocenters. The lowest BCUT2D eigenvalue weighted by Gasteiger charge is -2.20. The third-order valence-corrected chi connectivity index (χ3v) is 4.83. The van der Waals surface area contributed by atoms with Crippen LogP contribution in [0.15, 0.2) is 24.5 Å². The Morgan fingerprint density at radius 2 is 1.96 bits per heavy atom. The Hall–Kier alpha value is -2.24. The van der Waals surface area contributed by atoms with Gasteiger partial charge in [0, 0.05) is 12.1 Å². The molecular weight excluding hydrogens is 302 g/mol. The molecule has 2 aromatic rings. The molecule has 6 heteroatoms. The molecule has 0 saturated heterocycles. The maximum Gasteiger partial charge on any atom is 0.251 e. The zero-order valence-electron chi connectivity index (χ0n) is 14.2. The predicted octanol–water partition coefficient (Wildman–Crippen LogP) is 3.06. The van der Waals surface area contributed by atoms with Crippen molar-refractivity contribution >= 4 is 5.91 Å². The van der Waals surface area contributed by atoms with Crippen LogP contribution in [0, 0.1) is 12.8 Å². The van der Waals surface area contributed by atoms with Crippen molar-refractivity contribution in [3.63, 3.8) is 0 Å². The average molecular weight is 327 g/mol. The quantitative estimate of drug-likeness (QED) is 0.936. The van der Waals surface area contributed by atoms with Crippen LogP contribution in [0.1, 0.15) is 60.9 Å². The molecule has 0 radical (unpaired) electrons. The van der Waals surface area contributed by atoms with Gasteiger partial charge in [-0.25, -0.2) is 4.68 Å². The number of rotatable bonds is 4. The lowest BCUT2D eigenvalue weighted by molar-refractivity contribution is 0.0944. The van der Waals surface area contributed by atoms with Gasteiger partial charge in [-0.2, -0.15) is 0 Å². The van der Waals surface area contributed by atoms with Gasteiger partial charge in [0.05, 0.1) is 5.69 Å². The summed E-state index contributed by atoms with van der Waals surface area (Å²) in [6.45, 7) is 2.75. The highest BCUT2D eigenvalue weighted by molar-refractivity contribution is 5.94. The van der Waals surface area contributed by atoms with E-state index in [1.807, 2.05) is 25.1 Å². The molecule has 1 N–H and O–H groups in total. The standard InChI is InChI=1S/C18H25N5O/c1-14-11-16(9-10-17(14)23-13-20-21-22-23)18(24)19-12-15-7-5-3-2-4-6-8-15/h9-11,13,15H,2-8,12H2,1H3,(H,19,24). The Morgan fingerprint density at radius 3 is 2.62 bits per heavy atom. The molecule has 128 valence electrons. The molecule has 1 saturated carbocycles. The van der Waals surface area contributed by atoms with Crippen molar-refractivity contribution in [3.05, 3.63) is 35.7 Å². The van der Waals surface area contributed by atoms with Crippen LogP contribution in [-0.4, -0.2) is 32.7 Å². The van der Waals surface area contributed by atoms with Gasteiger partial charge in [0.1, 0.15) is 6.33 Å². The monoisotopic (exact) mass is 327 g/mol. The molecular formula is C18H25N5O. The maximum atomic E-state index is 12.4. The molecule has 1 aliphatic carbocycles. The van der Waals surface area contributed by atoms with E-state index in [0.29, 0.717) is 11.5 Å². The third-order valence-electron chi connectivity index (χ3n) is 4.83. The summed E-state index contributed by atoms with van der Waals surface area (Å²) in [7, 11) is 0. The Balaban J connectivity index is 1.59. The van der Waals surface area contributed by atoms with E-state index < -0.39 is 0 Å². The highest BCUT2D eigenvalue weighted by Crippen LogP contribution is 2.22. The second-order valence-electron chi connectivity index (χ2n) is 6.68. The average Bonchev–Trinajstić information content (AvgIpc) is 3.07. The number of aryl methyl sites for hydroxylation is 1. The van der Waals surface area contributed by atoms with Gasteiger partial charge in [-0.05, 0) is 59.9 Å². The summed E-state index contributed by atoms with van der Waals surface area (Å²) in [6, 6.07) is 5.61. The molecule has 6 nitrogen and oxygen atoms in total. The number of tetrazole rings is 1. The highest BCUT2D eigenvalue weighted by atomic mass is 16.1. The summed E-state index contributed by atoms with van der Waals surface area (Å²) in [5, 5.41) is 14.3. The second-order valence-corrected chi connectivity index (χ2v) is 6.68. The minimum atomic E-state index is 0.00317. The van der Waals surface area contributed by atoms with Gasteiger partial charge in [-0.15, -0.1) is 5.10 Å². The largest absolute Gasteiger partial charge is 0.352 e. The van der Waals surface area contributed by atoms with Gasteiger partial charge in [0.25, 0.3) is 5.91 Å². The van der Waals surface area contributed by atoms with Crippen LogP contribution in [0.2, 0.25) is 0 Å². The predicted molar refractivity (Wildman–Crippen MR) is 92.0 cm³/mol. The number of amides is 1. The van der Waals surface area contributed by atoms with Gasteiger partial charge in [0.15, 0.2) is 0 Å². The molecule has 24 heavy (non-hydrogen) atoms. The van der Waals surface area contributed by atoms with Crippen molar-refractivity contribution < 1.29 is 4.79 Å². The minimum Gasteiger partial charge on any atom is -0.352 e. The molecule has 0 bridgehead atoms. The summed E-state index contributed by atoms with van der Waals surface area (Å²) in [4.78, 5) is 12.4. The number of carbonyl (C=O) groups is 1. The van der Waals surface area contributed by atoms with E-state index >= 15 is 0 Å². The molecule has 1 fully saturated rings. The number of nitrogens with one attached hydrogen (secondary N) is 1. The lowest BCUT2D eigenvalue weighted by Crippen LogP contribution is -2.29. The van der Waals surface area contributed by atoms with E-state index in [1.165, 1.54) is 44.9 Å². The van der Waals surface area contributed by atoms with Crippen LogP contribution in [0.5, 0.6) is 0 Å². The number of aromatic nitrogens is 4. The first-order valence-corrected chi connectivity index (χ1v) is 8.86. The molecule has 1 aromatic heterocycles. The van der Waals surface area contributed by atoms with Crippen LogP contribution in [0.25, 0.3) is 5.69 Å². The Morgan fingerprint density at radius 1 is 1.21 bits per heavy atom. The fourth-order valence-corrected chi connectivity index (χ4v) is 3.41. The van der Waals surface area contributed by atoms with Crippen molar-refractivity contribution in [2.75, 3.05) is 6.54 Å². The van der Waals surface area contributed by atoms with Crippen molar-refractivity contribution in [3.8, 4) is 5.69 Å². The Labute approximate surface area is 142 Å². The van der Waals surface area contributed by atoms with E-state index in [9.17, 15) is 4.79 Å². The van der Waals surface area contributed by atoms with Crippen molar-refractivity contribution in [2.24, 2.45) is 5.92 Å². The van der Waals surface area contributed by atoms with Gasteiger partial charge in [-0.1, -0.05) is 32.1 Å². The van der Waals surface area contributed by atoms with Crippen molar-refractivity contribution in [2.45, 2.75) is 51.9 Å². The van der Waals surface area contributed by atoms with Crippen molar-refractivity contribution in [1.29, 1.82) is 0 Å². The van der Waals surface area contributed by atoms with Gasteiger partial charge >= 0.3 is 0 Å². The number of hydrogen-bond donors (Lipinski definition) is 1. The number of nitrogens with zero attached hydrogens (tertiary/aromatic N) is 4. The molecule has 0 spiro atoms. The molecule has 1 heterocycles. The van der Waals surface area contributed by atoms with Gasteiger partial charge in [0.2, 0.25) is 0 Å². The minimum absolute atomic E-state index is 0.00317. The van der Waals surface area contributed by atoms with E-state index in [1.54, 1.807) is 11.0 Å². The van der Waals surface area contributed by atoms with Crippen LogP contribution in [0.3, 0.4) is 0 Å². The second kappa shape index (κ2) is 8.04. The Kier molecular flexibility index (Phi) is 5.56. The summed E-state index contributed by atoms with van der Waals surface area (Å²) in [5.74, 6) is 0.624. The van der Waals surface area contributed by atoms with E-state index in [-0.39, 0.29) is 5.91 Å². The first kappa shape index (κ1) is 16.6. The normalized spacial score (nSPS) is 16.4. The fourth-order valence-electron chi connectivity index (χ4n) is 3.41. The summed E-state index contributed by atoms with van der Waals surface area (Å²) in [6.07, 6.45) is 10.6. The molecule has 1 aromatic carbocycles. The summed E-state index contributed by atoms with van der Waals surface area (Å²) >= 11 is 0. The third kappa shape index (κ3) is 4.19. The molecule has 0 unspecified atom stereocenters. The number of benzene rings is 1. The number of carbonyl (C=O) groups excluding carboxylic acids is 1. The fraction of sp³-hybridized carbons (Fsp3) is 0.556. The first-order valence-electron chi connectivity index (χ1n) is 8.86. The van der Waals surface area contributed by atoms with E-state index in [0.717, 1.165) is 17.8 Å². The maximum absolute atomic E-state index is 12.4. The molecule has 1 aliphatic rings. The van der Waals surface area contributed by atoms with Crippen LogP contribution < -0.4 is 5.32 Å². The van der Waals surface area contributed by atoms with Crippen molar-refractivity contribution in [1.82, 2.24) is 25.5 Å². The van der Waals surface area contributed by atoms with E-state index in [2.05, 4.69) is 20.8 Å². The van der Waals surface area contributed by atoms with E-state index in [4.69, 9.17) is 0 Å². The van der Waals surface area contributed by atoms with Gasteiger partial charge in [-0.3, -0.25) is 4.79 Å². The van der Waals surface area contributed by atoms with Crippen LogP contribution >= 0.6 is 0 Å². The van der Waals surface area contributed by atoms with Crippen LogP contribution in [0.4, 0.5) is 0 Å². The number of hydrogen-bond acceptors (Lipinski definition) is 4. The topological polar surface area (TPSA) is 72.7 Å². The van der Waals surface area contributed by atoms with Gasteiger partial charge < -0.3 is 5.32 Å². The smallest absolute Gasteiger partial charge is 0.251 e. The lowest BCUT2D eigenvalue weighted by atomic mass is 9.91.